The minimum absolute atomic E-state index is 0.0489. The maximum atomic E-state index is 14.3. The lowest BCUT2D eigenvalue weighted by atomic mass is 9.62. The average molecular weight is 552 g/mol. The SMILES string of the molecule is O=C1c2c(cccc2N2c3ccccc3C(c3ccccc3)(c3ccccc3)c3ccccc32)-c2nc3ccccc3n21. The Hall–Kier alpha value is -5.74. The summed E-state index contributed by atoms with van der Waals surface area (Å²) >= 11 is 0. The van der Waals surface area contributed by atoms with Gasteiger partial charge in [-0.15, -0.1) is 0 Å². The van der Waals surface area contributed by atoms with Crippen molar-refractivity contribution in [2.24, 2.45) is 0 Å². The Bertz CT molecular complexity index is 2130. The zero-order chi connectivity index (χ0) is 28.5. The highest BCUT2D eigenvalue weighted by molar-refractivity contribution is 6.17. The molecule has 0 N–H and O–H groups in total. The van der Waals surface area contributed by atoms with Crippen molar-refractivity contribution < 1.29 is 4.79 Å². The molecule has 2 aliphatic heterocycles. The third-order valence-electron chi connectivity index (χ3n) is 9.01. The number of imidazole rings is 1. The fourth-order valence-electron chi connectivity index (χ4n) is 7.33. The molecule has 0 saturated heterocycles. The molecule has 4 heteroatoms. The molecule has 2 aliphatic rings. The second kappa shape index (κ2) is 8.88. The molecule has 9 rings (SSSR count). The lowest BCUT2D eigenvalue weighted by Gasteiger charge is -2.46. The first kappa shape index (κ1) is 23.9. The van der Waals surface area contributed by atoms with E-state index in [0.717, 1.165) is 44.8 Å². The Kier molecular flexibility index (Phi) is 4.94. The summed E-state index contributed by atoms with van der Waals surface area (Å²) in [6, 6.07) is 52.7. The number of nitrogens with zero attached hydrogens (tertiary/aromatic N) is 3. The van der Waals surface area contributed by atoms with Crippen molar-refractivity contribution in [3.8, 4) is 11.4 Å². The Morgan fingerprint density at radius 1 is 0.512 bits per heavy atom. The first-order valence-corrected chi connectivity index (χ1v) is 14.5. The molecule has 0 bridgehead atoms. The van der Waals surface area contributed by atoms with Gasteiger partial charge in [0, 0.05) is 5.56 Å². The third-order valence-corrected chi connectivity index (χ3v) is 9.01. The number of anilines is 3. The smallest absolute Gasteiger partial charge is 0.267 e. The Labute approximate surface area is 249 Å². The summed E-state index contributed by atoms with van der Waals surface area (Å²) in [4.78, 5) is 21.5. The van der Waals surface area contributed by atoms with Crippen LogP contribution in [0.25, 0.3) is 22.4 Å². The van der Waals surface area contributed by atoms with Gasteiger partial charge in [-0.2, -0.15) is 0 Å². The number of rotatable bonds is 3. The minimum atomic E-state index is -0.558. The molecule has 202 valence electrons. The maximum absolute atomic E-state index is 14.3. The van der Waals surface area contributed by atoms with E-state index in [4.69, 9.17) is 4.98 Å². The molecule has 0 aliphatic carbocycles. The van der Waals surface area contributed by atoms with Crippen LogP contribution in [-0.2, 0) is 5.41 Å². The highest BCUT2D eigenvalue weighted by Gasteiger charge is 2.47. The van der Waals surface area contributed by atoms with Gasteiger partial charge in [-0.05, 0) is 52.6 Å². The topological polar surface area (TPSA) is 38.1 Å². The molecule has 0 fully saturated rings. The van der Waals surface area contributed by atoms with Crippen molar-refractivity contribution in [3.05, 3.63) is 179 Å². The van der Waals surface area contributed by atoms with Crippen molar-refractivity contribution in [3.63, 3.8) is 0 Å². The Balaban J connectivity index is 1.36. The zero-order valence-corrected chi connectivity index (χ0v) is 23.2. The second-order valence-electron chi connectivity index (χ2n) is 11.1. The molecule has 6 aromatic carbocycles. The molecule has 0 saturated carbocycles. The van der Waals surface area contributed by atoms with Crippen LogP contribution in [0, 0.1) is 0 Å². The number of aromatic nitrogens is 2. The van der Waals surface area contributed by atoms with E-state index in [1.165, 1.54) is 11.1 Å². The van der Waals surface area contributed by atoms with Gasteiger partial charge in [0.2, 0.25) is 0 Å². The normalized spacial score (nSPS) is 14.2. The molecule has 0 amide bonds. The summed E-state index contributed by atoms with van der Waals surface area (Å²) in [5.74, 6) is 0.650. The quantitative estimate of drug-likeness (QED) is 0.220. The largest absolute Gasteiger partial charge is 0.309 e. The van der Waals surface area contributed by atoms with E-state index in [0.29, 0.717) is 11.4 Å². The predicted molar refractivity (Wildman–Crippen MR) is 171 cm³/mol. The molecular weight excluding hydrogens is 526 g/mol. The summed E-state index contributed by atoms with van der Waals surface area (Å²) in [5.41, 5.74) is 10.3. The van der Waals surface area contributed by atoms with Crippen LogP contribution >= 0.6 is 0 Å². The molecule has 0 atom stereocenters. The maximum Gasteiger partial charge on any atom is 0.267 e. The van der Waals surface area contributed by atoms with Crippen molar-refractivity contribution >= 4 is 34.0 Å². The molecular formula is C39H25N3O. The number of fused-ring (bicyclic) bond motifs is 7. The van der Waals surface area contributed by atoms with Crippen LogP contribution in [0.3, 0.4) is 0 Å². The lowest BCUT2D eigenvalue weighted by Crippen LogP contribution is -2.38. The Morgan fingerprint density at radius 3 is 1.70 bits per heavy atom. The molecule has 0 spiro atoms. The fourth-order valence-corrected chi connectivity index (χ4v) is 7.33. The average Bonchev–Trinajstić information content (AvgIpc) is 3.60. The first-order valence-electron chi connectivity index (χ1n) is 14.5. The van der Waals surface area contributed by atoms with Gasteiger partial charge < -0.3 is 4.90 Å². The van der Waals surface area contributed by atoms with Gasteiger partial charge in [-0.3, -0.25) is 9.36 Å². The van der Waals surface area contributed by atoms with E-state index in [2.05, 4.69) is 120 Å². The highest BCUT2D eigenvalue weighted by Crippen LogP contribution is 2.58. The van der Waals surface area contributed by atoms with Crippen molar-refractivity contribution in [1.29, 1.82) is 0 Å². The van der Waals surface area contributed by atoms with Gasteiger partial charge in [0.15, 0.2) is 0 Å². The van der Waals surface area contributed by atoms with Crippen LogP contribution in [0.1, 0.15) is 32.6 Å². The number of carbonyl (C=O) groups is 1. The summed E-state index contributed by atoms with van der Waals surface area (Å²) in [7, 11) is 0. The van der Waals surface area contributed by atoms with Crippen LogP contribution in [0.15, 0.2) is 152 Å². The van der Waals surface area contributed by atoms with Crippen molar-refractivity contribution in [2.45, 2.75) is 5.41 Å². The summed E-state index contributed by atoms with van der Waals surface area (Å²) in [5, 5.41) is 0. The molecule has 1 aromatic heterocycles. The van der Waals surface area contributed by atoms with E-state index < -0.39 is 5.41 Å². The van der Waals surface area contributed by atoms with Crippen molar-refractivity contribution in [1.82, 2.24) is 9.55 Å². The van der Waals surface area contributed by atoms with Crippen LogP contribution in [-0.4, -0.2) is 15.5 Å². The molecule has 7 aromatic rings. The lowest BCUT2D eigenvalue weighted by molar-refractivity contribution is 0.0974. The zero-order valence-electron chi connectivity index (χ0n) is 23.2. The van der Waals surface area contributed by atoms with Gasteiger partial charge in [0.1, 0.15) is 5.82 Å². The highest BCUT2D eigenvalue weighted by atomic mass is 16.2. The molecule has 43 heavy (non-hydrogen) atoms. The van der Waals surface area contributed by atoms with Gasteiger partial charge >= 0.3 is 0 Å². The molecule has 0 radical (unpaired) electrons. The molecule has 4 nitrogen and oxygen atoms in total. The number of carbonyl (C=O) groups excluding carboxylic acids is 1. The fraction of sp³-hybridized carbons (Fsp3) is 0.0256. The van der Waals surface area contributed by atoms with Crippen LogP contribution in [0.5, 0.6) is 0 Å². The summed E-state index contributed by atoms with van der Waals surface area (Å²) in [6.07, 6.45) is 0. The van der Waals surface area contributed by atoms with Gasteiger partial charge in [-0.25, -0.2) is 4.98 Å². The van der Waals surface area contributed by atoms with Gasteiger partial charge in [0.25, 0.3) is 5.91 Å². The van der Waals surface area contributed by atoms with Gasteiger partial charge in [-0.1, -0.05) is 121 Å². The van der Waals surface area contributed by atoms with E-state index in [1.807, 2.05) is 36.4 Å². The second-order valence-corrected chi connectivity index (χ2v) is 11.1. The molecule has 3 heterocycles. The van der Waals surface area contributed by atoms with Crippen LogP contribution < -0.4 is 4.90 Å². The standard InChI is InChI=1S/C39H25N3O/c43-38-36-28(37-40-31-21-9-12-24-34(31)42(37)38)18-13-25-35(36)41-32-22-10-7-19-29(32)39(26-14-3-1-4-15-26,27-16-5-2-6-17-27)30-20-8-11-23-33(30)41/h1-25H. The number of hydrogen-bond acceptors (Lipinski definition) is 3. The van der Waals surface area contributed by atoms with Crippen LogP contribution in [0.2, 0.25) is 0 Å². The van der Waals surface area contributed by atoms with Crippen molar-refractivity contribution in [2.75, 3.05) is 4.90 Å². The number of para-hydroxylation sites is 4. The van der Waals surface area contributed by atoms with Gasteiger partial charge in [0.05, 0.1) is 39.1 Å². The number of benzene rings is 6. The third kappa shape index (κ3) is 3.10. The van der Waals surface area contributed by atoms with E-state index in [1.54, 1.807) is 4.57 Å². The number of hydrogen-bond donors (Lipinski definition) is 0. The molecule has 0 unspecified atom stereocenters. The predicted octanol–water partition coefficient (Wildman–Crippen LogP) is 8.87. The monoisotopic (exact) mass is 551 g/mol. The minimum Gasteiger partial charge on any atom is -0.309 e. The van der Waals surface area contributed by atoms with E-state index in [-0.39, 0.29) is 5.91 Å². The summed E-state index contributed by atoms with van der Waals surface area (Å²) < 4.78 is 1.77. The first-order chi connectivity index (χ1) is 21.3. The van der Waals surface area contributed by atoms with Crippen LogP contribution in [0.4, 0.5) is 17.1 Å². The summed E-state index contributed by atoms with van der Waals surface area (Å²) in [6.45, 7) is 0. The van der Waals surface area contributed by atoms with E-state index >= 15 is 0 Å². The Morgan fingerprint density at radius 2 is 1.05 bits per heavy atom. The van der Waals surface area contributed by atoms with E-state index in [9.17, 15) is 4.79 Å².